The minimum atomic E-state index is -0.512. The number of hydrogen-bond donors (Lipinski definition) is 1. The summed E-state index contributed by atoms with van der Waals surface area (Å²) >= 11 is 0. The first-order valence-corrected chi connectivity index (χ1v) is 7.65. The van der Waals surface area contributed by atoms with Gasteiger partial charge in [0, 0.05) is 18.7 Å². The van der Waals surface area contributed by atoms with Gasteiger partial charge in [-0.2, -0.15) is 0 Å². The molecule has 0 bridgehead atoms. The summed E-state index contributed by atoms with van der Waals surface area (Å²) in [5.41, 5.74) is 1.22. The normalized spacial score (nSPS) is 19.1. The van der Waals surface area contributed by atoms with Gasteiger partial charge in [-0.25, -0.2) is 4.79 Å². The Hall–Kier alpha value is -1.72. The zero-order valence-corrected chi connectivity index (χ0v) is 12.9. The Morgan fingerprint density at radius 2 is 2.05 bits per heavy atom. The molecule has 0 atom stereocenters. The van der Waals surface area contributed by atoms with E-state index in [2.05, 4.69) is 5.10 Å². The third-order valence-electron chi connectivity index (χ3n) is 4.19. The van der Waals surface area contributed by atoms with Crippen LogP contribution in [-0.2, 0) is 17.7 Å². The Bertz CT molecular complexity index is 605. The molecule has 0 spiro atoms. The molecule has 2 heterocycles. The van der Waals surface area contributed by atoms with Crippen molar-refractivity contribution in [1.82, 2.24) is 14.7 Å². The first-order valence-electron chi connectivity index (χ1n) is 7.65. The maximum atomic E-state index is 12.1. The van der Waals surface area contributed by atoms with Gasteiger partial charge < -0.3 is 9.64 Å². The fraction of sp³-hybridized carbons (Fsp3) is 0.733. The van der Waals surface area contributed by atoms with Crippen LogP contribution in [0.25, 0.3) is 0 Å². The van der Waals surface area contributed by atoms with E-state index in [0.29, 0.717) is 25.6 Å². The lowest BCUT2D eigenvalue weighted by Gasteiger charge is -2.32. The molecule has 1 aromatic rings. The number of ether oxygens (including phenoxy) is 1. The van der Waals surface area contributed by atoms with Crippen molar-refractivity contribution in [2.75, 3.05) is 6.54 Å². The number of fused-ring (bicyclic) bond motifs is 1. The first-order chi connectivity index (χ1) is 9.85. The second kappa shape index (κ2) is 4.93. The van der Waals surface area contributed by atoms with Crippen LogP contribution in [0.3, 0.4) is 0 Å². The van der Waals surface area contributed by atoms with Gasteiger partial charge in [-0.15, -0.1) is 0 Å². The molecule has 2 aliphatic rings. The molecule has 1 saturated carbocycles. The van der Waals surface area contributed by atoms with Crippen LogP contribution in [0.1, 0.15) is 57.3 Å². The van der Waals surface area contributed by atoms with Crippen LogP contribution in [0.15, 0.2) is 4.79 Å². The summed E-state index contributed by atoms with van der Waals surface area (Å²) in [6, 6.07) is 0.439. The fourth-order valence-corrected chi connectivity index (χ4v) is 2.90. The predicted molar refractivity (Wildman–Crippen MR) is 78.3 cm³/mol. The molecule has 0 aromatic carbocycles. The van der Waals surface area contributed by atoms with E-state index >= 15 is 0 Å². The van der Waals surface area contributed by atoms with Gasteiger partial charge in [-0.05, 0) is 40.0 Å². The molecule has 1 aliphatic heterocycles. The smallest absolute Gasteiger partial charge is 0.410 e. The Morgan fingerprint density at radius 3 is 2.62 bits per heavy atom. The average molecular weight is 293 g/mol. The SMILES string of the molecule is CC(C)(C)OC(=O)N1CCc2c(c(=O)[nH]n2C2CCC2)C1. The molecule has 1 fully saturated rings. The number of nitrogens with one attached hydrogen (secondary N) is 1. The van der Waals surface area contributed by atoms with E-state index in [4.69, 9.17) is 4.74 Å². The summed E-state index contributed by atoms with van der Waals surface area (Å²) in [7, 11) is 0. The minimum Gasteiger partial charge on any atom is -0.444 e. The number of nitrogens with zero attached hydrogens (tertiary/aromatic N) is 2. The summed E-state index contributed by atoms with van der Waals surface area (Å²) < 4.78 is 7.42. The predicted octanol–water partition coefficient (Wildman–Crippen LogP) is 2.19. The van der Waals surface area contributed by atoms with Crippen LogP contribution in [0.4, 0.5) is 4.79 Å². The maximum absolute atomic E-state index is 12.1. The van der Waals surface area contributed by atoms with E-state index in [-0.39, 0.29) is 11.7 Å². The molecule has 0 saturated heterocycles. The van der Waals surface area contributed by atoms with E-state index in [1.54, 1.807) is 4.90 Å². The number of H-pyrrole nitrogens is 1. The summed E-state index contributed by atoms with van der Waals surface area (Å²) in [5.74, 6) is 0. The van der Waals surface area contributed by atoms with Crippen molar-refractivity contribution >= 4 is 6.09 Å². The standard InChI is InChI=1S/C15H23N3O3/c1-15(2,3)21-14(20)17-8-7-12-11(9-17)13(19)16-18(12)10-5-4-6-10/h10H,4-9H2,1-3H3,(H,16,19). The third kappa shape index (κ3) is 2.71. The number of amides is 1. The van der Waals surface area contributed by atoms with Gasteiger partial charge in [0.05, 0.1) is 18.2 Å². The molecule has 1 N–H and O–H groups in total. The second-order valence-corrected chi connectivity index (χ2v) is 6.97. The van der Waals surface area contributed by atoms with Crippen molar-refractivity contribution in [1.29, 1.82) is 0 Å². The molecule has 1 aliphatic carbocycles. The molecule has 0 radical (unpaired) electrons. The van der Waals surface area contributed by atoms with Gasteiger partial charge in [0.2, 0.25) is 0 Å². The van der Waals surface area contributed by atoms with Crippen LogP contribution >= 0.6 is 0 Å². The lowest BCUT2D eigenvalue weighted by Crippen LogP contribution is -2.41. The van der Waals surface area contributed by atoms with Crippen LogP contribution in [0.2, 0.25) is 0 Å². The Kier molecular flexibility index (Phi) is 3.34. The number of carbonyl (C=O) groups is 1. The topological polar surface area (TPSA) is 67.3 Å². The monoisotopic (exact) mass is 293 g/mol. The second-order valence-electron chi connectivity index (χ2n) is 6.97. The van der Waals surface area contributed by atoms with Gasteiger partial charge in [-0.1, -0.05) is 0 Å². The lowest BCUT2D eigenvalue weighted by atomic mass is 9.92. The minimum absolute atomic E-state index is 0.0647. The van der Waals surface area contributed by atoms with Crippen LogP contribution < -0.4 is 5.56 Å². The number of hydrogen-bond acceptors (Lipinski definition) is 3. The van der Waals surface area contributed by atoms with Crippen molar-refractivity contribution < 1.29 is 9.53 Å². The molecular formula is C15H23N3O3. The number of rotatable bonds is 1. The zero-order chi connectivity index (χ0) is 15.2. The van der Waals surface area contributed by atoms with Gasteiger partial charge >= 0.3 is 6.09 Å². The van der Waals surface area contributed by atoms with E-state index in [0.717, 1.165) is 24.1 Å². The largest absolute Gasteiger partial charge is 0.444 e. The number of aromatic amines is 1. The molecule has 6 heteroatoms. The molecular weight excluding hydrogens is 270 g/mol. The third-order valence-corrected chi connectivity index (χ3v) is 4.19. The highest BCUT2D eigenvalue weighted by Crippen LogP contribution is 2.33. The Labute approximate surface area is 124 Å². The van der Waals surface area contributed by atoms with Crippen molar-refractivity contribution in [2.24, 2.45) is 0 Å². The fourth-order valence-electron chi connectivity index (χ4n) is 2.90. The maximum Gasteiger partial charge on any atom is 0.410 e. The van der Waals surface area contributed by atoms with E-state index in [1.165, 1.54) is 6.42 Å². The van der Waals surface area contributed by atoms with Crippen molar-refractivity contribution in [3.63, 3.8) is 0 Å². The highest BCUT2D eigenvalue weighted by molar-refractivity contribution is 5.68. The molecule has 3 rings (SSSR count). The highest BCUT2D eigenvalue weighted by Gasteiger charge is 2.31. The number of aromatic nitrogens is 2. The quantitative estimate of drug-likeness (QED) is 0.863. The summed E-state index contributed by atoms with van der Waals surface area (Å²) in [4.78, 5) is 25.9. The van der Waals surface area contributed by atoms with E-state index in [1.807, 2.05) is 25.5 Å². The lowest BCUT2D eigenvalue weighted by molar-refractivity contribution is 0.0221. The Balaban J connectivity index is 1.78. The van der Waals surface area contributed by atoms with Gasteiger partial charge in [0.25, 0.3) is 5.56 Å². The van der Waals surface area contributed by atoms with Crippen molar-refractivity contribution in [2.45, 2.75) is 64.6 Å². The highest BCUT2D eigenvalue weighted by atomic mass is 16.6. The van der Waals surface area contributed by atoms with Gasteiger partial charge in [-0.3, -0.25) is 14.6 Å². The van der Waals surface area contributed by atoms with Gasteiger partial charge in [0.1, 0.15) is 5.60 Å². The summed E-state index contributed by atoms with van der Waals surface area (Å²) in [6.45, 7) is 6.49. The van der Waals surface area contributed by atoms with E-state index in [9.17, 15) is 9.59 Å². The summed E-state index contributed by atoms with van der Waals surface area (Å²) in [6.07, 6.45) is 3.86. The Morgan fingerprint density at radius 1 is 1.33 bits per heavy atom. The van der Waals surface area contributed by atoms with Crippen LogP contribution in [-0.4, -0.2) is 32.9 Å². The van der Waals surface area contributed by atoms with E-state index < -0.39 is 5.60 Å². The summed E-state index contributed by atoms with van der Waals surface area (Å²) in [5, 5.41) is 2.95. The average Bonchev–Trinajstić information content (AvgIpc) is 2.62. The van der Waals surface area contributed by atoms with Gasteiger partial charge in [0.15, 0.2) is 0 Å². The molecule has 1 aromatic heterocycles. The number of carbonyl (C=O) groups excluding carboxylic acids is 1. The zero-order valence-electron chi connectivity index (χ0n) is 12.9. The molecule has 21 heavy (non-hydrogen) atoms. The molecule has 1 amide bonds. The first kappa shape index (κ1) is 14.2. The molecule has 116 valence electrons. The van der Waals surface area contributed by atoms with Crippen molar-refractivity contribution in [3.8, 4) is 0 Å². The van der Waals surface area contributed by atoms with Crippen LogP contribution in [0.5, 0.6) is 0 Å². The van der Waals surface area contributed by atoms with Crippen LogP contribution in [0, 0.1) is 0 Å². The molecule has 0 unspecified atom stereocenters. The van der Waals surface area contributed by atoms with Crippen molar-refractivity contribution in [3.05, 3.63) is 21.6 Å². The molecule has 6 nitrogen and oxygen atoms in total.